The lowest BCUT2D eigenvalue weighted by molar-refractivity contribution is -0.120. The summed E-state index contributed by atoms with van der Waals surface area (Å²) in [5.74, 6) is 1.04. The second kappa shape index (κ2) is 7.32. The van der Waals surface area contributed by atoms with Crippen molar-refractivity contribution in [1.82, 2.24) is 9.78 Å². The monoisotopic (exact) mass is 370 g/mol. The number of benzene rings is 2. The van der Waals surface area contributed by atoms with E-state index in [9.17, 15) is 10.1 Å². The molecular formula is C23H22N4O. The average molecular weight is 370 g/mol. The molecule has 0 saturated heterocycles. The number of carbonyl (C=O) groups excluding carboxylic acids is 1. The third-order valence-corrected chi connectivity index (χ3v) is 5.14. The van der Waals surface area contributed by atoms with Crippen LogP contribution in [0, 0.1) is 24.2 Å². The Morgan fingerprint density at radius 3 is 2.64 bits per heavy atom. The average Bonchev–Trinajstić information content (AvgIpc) is 3.52. The molecule has 0 spiro atoms. The van der Waals surface area contributed by atoms with Crippen molar-refractivity contribution < 1.29 is 4.79 Å². The molecule has 1 heterocycles. The van der Waals surface area contributed by atoms with Crippen molar-refractivity contribution in [2.45, 2.75) is 26.3 Å². The predicted molar refractivity (Wildman–Crippen MR) is 108 cm³/mol. The van der Waals surface area contributed by atoms with Gasteiger partial charge >= 0.3 is 0 Å². The standard InChI is InChI=1S/C23H22N4O/c1-16-21(19-9-4-3-5-10-19)25-26(2)22(16)27(23(28)20-11-12-20)15-18-8-6-7-17(13-18)14-24/h3-10,13,20H,11-12,15H2,1-2H3. The van der Waals surface area contributed by atoms with Gasteiger partial charge in [0.2, 0.25) is 5.91 Å². The van der Waals surface area contributed by atoms with Gasteiger partial charge in [0.25, 0.3) is 0 Å². The first kappa shape index (κ1) is 18.0. The molecule has 1 aliphatic rings. The Bertz CT molecular complexity index is 1060. The highest BCUT2D eigenvalue weighted by molar-refractivity contribution is 5.97. The van der Waals surface area contributed by atoms with Gasteiger partial charge in [-0.25, -0.2) is 0 Å². The van der Waals surface area contributed by atoms with Crippen molar-refractivity contribution in [3.63, 3.8) is 0 Å². The summed E-state index contributed by atoms with van der Waals surface area (Å²) in [6.45, 7) is 2.45. The van der Waals surface area contributed by atoms with Gasteiger partial charge in [0.15, 0.2) is 0 Å². The summed E-state index contributed by atoms with van der Waals surface area (Å²) < 4.78 is 1.80. The van der Waals surface area contributed by atoms with Gasteiger partial charge in [0.05, 0.1) is 23.9 Å². The Balaban J connectivity index is 1.76. The number of nitrogens with zero attached hydrogens (tertiary/aromatic N) is 4. The summed E-state index contributed by atoms with van der Waals surface area (Å²) in [6.07, 6.45) is 1.88. The zero-order valence-corrected chi connectivity index (χ0v) is 16.1. The Morgan fingerprint density at radius 2 is 1.96 bits per heavy atom. The van der Waals surface area contributed by atoms with Crippen LogP contribution in [0.4, 0.5) is 5.82 Å². The van der Waals surface area contributed by atoms with Crippen molar-refractivity contribution in [2.24, 2.45) is 13.0 Å². The summed E-state index contributed by atoms with van der Waals surface area (Å²) in [5.41, 5.74) is 4.45. The van der Waals surface area contributed by atoms with Crippen LogP contribution in [0.1, 0.15) is 29.5 Å². The van der Waals surface area contributed by atoms with Crippen molar-refractivity contribution in [3.8, 4) is 17.3 Å². The molecule has 4 rings (SSSR count). The van der Waals surface area contributed by atoms with Crippen LogP contribution in [0.25, 0.3) is 11.3 Å². The molecule has 2 aromatic carbocycles. The van der Waals surface area contributed by atoms with Crippen LogP contribution < -0.4 is 4.90 Å². The molecule has 0 unspecified atom stereocenters. The fraction of sp³-hybridized carbons (Fsp3) is 0.261. The Labute approximate surface area is 164 Å². The fourth-order valence-corrected chi connectivity index (χ4v) is 3.60. The summed E-state index contributed by atoms with van der Waals surface area (Å²) in [6, 6.07) is 19.6. The zero-order chi connectivity index (χ0) is 19.7. The maximum absolute atomic E-state index is 13.1. The van der Waals surface area contributed by atoms with Crippen LogP contribution in [0.3, 0.4) is 0 Å². The number of nitriles is 1. The topological polar surface area (TPSA) is 61.9 Å². The quantitative estimate of drug-likeness (QED) is 0.676. The van der Waals surface area contributed by atoms with E-state index in [1.807, 2.05) is 67.4 Å². The van der Waals surface area contributed by atoms with Gasteiger partial charge in [0.1, 0.15) is 5.82 Å². The molecule has 0 radical (unpaired) electrons. The second-order valence-electron chi connectivity index (χ2n) is 7.30. The zero-order valence-electron chi connectivity index (χ0n) is 16.1. The summed E-state index contributed by atoms with van der Waals surface area (Å²) in [5, 5.41) is 13.9. The summed E-state index contributed by atoms with van der Waals surface area (Å²) >= 11 is 0. The van der Waals surface area contributed by atoms with Crippen molar-refractivity contribution in [3.05, 3.63) is 71.3 Å². The molecule has 1 saturated carbocycles. The van der Waals surface area contributed by atoms with Crippen LogP contribution in [-0.2, 0) is 18.4 Å². The van der Waals surface area contributed by atoms with Crippen molar-refractivity contribution in [2.75, 3.05) is 4.90 Å². The normalized spacial score (nSPS) is 13.2. The largest absolute Gasteiger partial charge is 0.292 e. The van der Waals surface area contributed by atoms with E-state index in [1.165, 1.54) is 0 Å². The van der Waals surface area contributed by atoms with E-state index in [4.69, 9.17) is 5.10 Å². The Kier molecular flexibility index (Phi) is 4.70. The minimum atomic E-state index is 0.0913. The smallest absolute Gasteiger partial charge is 0.231 e. The van der Waals surface area contributed by atoms with Crippen LogP contribution in [0.15, 0.2) is 54.6 Å². The molecule has 1 aromatic heterocycles. The van der Waals surface area contributed by atoms with E-state index in [0.717, 1.165) is 41.0 Å². The van der Waals surface area contributed by atoms with Gasteiger partial charge in [-0.1, -0.05) is 42.5 Å². The minimum absolute atomic E-state index is 0.0913. The third-order valence-electron chi connectivity index (χ3n) is 5.14. The SMILES string of the molecule is Cc1c(-c2ccccc2)nn(C)c1N(Cc1cccc(C#N)c1)C(=O)C1CC1. The number of rotatable bonds is 5. The molecule has 5 nitrogen and oxygen atoms in total. The maximum Gasteiger partial charge on any atom is 0.231 e. The molecular weight excluding hydrogens is 348 g/mol. The second-order valence-corrected chi connectivity index (χ2v) is 7.30. The summed E-state index contributed by atoms with van der Waals surface area (Å²) in [7, 11) is 1.88. The Hall–Kier alpha value is -3.39. The lowest BCUT2D eigenvalue weighted by Crippen LogP contribution is -2.33. The first-order chi connectivity index (χ1) is 13.6. The molecule has 1 amide bonds. The lowest BCUT2D eigenvalue weighted by atomic mass is 10.1. The molecule has 140 valence electrons. The van der Waals surface area contributed by atoms with Gasteiger partial charge in [0, 0.05) is 24.1 Å². The number of aryl methyl sites for hydroxylation is 1. The number of hydrogen-bond acceptors (Lipinski definition) is 3. The van der Waals surface area contributed by atoms with Crippen LogP contribution >= 0.6 is 0 Å². The minimum Gasteiger partial charge on any atom is -0.292 e. The highest BCUT2D eigenvalue weighted by Crippen LogP contribution is 2.36. The molecule has 0 N–H and O–H groups in total. The molecule has 0 aliphatic heterocycles. The number of hydrogen-bond donors (Lipinski definition) is 0. The predicted octanol–water partition coefficient (Wildman–Crippen LogP) is 4.21. The number of amides is 1. The fourth-order valence-electron chi connectivity index (χ4n) is 3.60. The first-order valence-electron chi connectivity index (χ1n) is 9.48. The van der Waals surface area contributed by atoms with Gasteiger partial charge < -0.3 is 0 Å². The van der Waals surface area contributed by atoms with E-state index >= 15 is 0 Å². The highest BCUT2D eigenvalue weighted by Gasteiger charge is 2.36. The van der Waals surface area contributed by atoms with Crippen LogP contribution in [0.5, 0.6) is 0 Å². The molecule has 1 aliphatic carbocycles. The van der Waals surface area contributed by atoms with E-state index in [-0.39, 0.29) is 11.8 Å². The first-order valence-corrected chi connectivity index (χ1v) is 9.48. The van der Waals surface area contributed by atoms with Crippen molar-refractivity contribution in [1.29, 1.82) is 5.26 Å². The molecule has 28 heavy (non-hydrogen) atoms. The van der Waals surface area contributed by atoms with Gasteiger partial charge in [-0.05, 0) is 37.5 Å². The van der Waals surface area contributed by atoms with E-state index in [1.54, 1.807) is 10.7 Å². The molecule has 5 heteroatoms. The maximum atomic E-state index is 13.1. The molecule has 0 atom stereocenters. The highest BCUT2D eigenvalue weighted by atomic mass is 16.2. The van der Waals surface area contributed by atoms with Gasteiger partial charge in [-0.3, -0.25) is 14.4 Å². The number of aromatic nitrogens is 2. The van der Waals surface area contributed by atoms with Gasteiger partial charge in [-0.15, -0.1) is 0 Å². The van der Waals surface area contributed by atoms with Crippen molar-refractivity contribution >= 4 is 11.7 Å². The van der Waals surface area contributed by atoms with E-state index in [2.05, 4.69) is 6.07 Å². The Morgan fingerprint density at radius 1 is 1.21 bits per heavy atom. The number of carbonyl (C=O) groups is 1. The van der Waals surface area contributed by atoms with Crippen LogP contribution in [0.2, 0.25) is 0 Å². The molecule has 1 fully saturated rings. The number of anilines is 1. The lowest BCUT2D eigenvalue weighted by Gasteiger charge is -2.24. The summed E-state index contributed by atoms with van der Waals surface area (Å²) in [4.78, 5) is 15.0. The molecule has 3 aromatic rings. The molecule has 0 bridgehead atoms. The van der Waals surface area contributed by atoms with E-state index in [0.29, 0.717) is 12.1 Å². The van der Waals surface area contributed by atoms with E-state index < -0.39 is 0 Å². The van der Waals surface area contributed by atoms with Crippen LogP contribution in [-0.4, -0.2) is 15.7 Å². The third kappa shape index (κ3) is 3.41. The van der Waals surface area contributed by atoms with Gasteiger partial charge in [-0.2, -0.15) is 10.4 Å².